The van der Waals surface area contributed by atoms with Gasteiger partial charge in [0.05, 0.1) is 4.90 Å². The maximum Gasteiger partial charge on any atom is 0.258 e. The molecule has 0 aliphatic rings. The van der Waals surface area contributed by atoms with E-state index in [-0.39, 0.29) is 10.8 Å². The number of aromatic nitrogens is 1. The Morgan fingerprint density at radius 1 is 1.04 bits per heavy atom. The van der Waals surface area contributed by atoms with Crippen LogP contribution in [0, 0.1) is 6.92 Å². The van der Waals surface area contributed by atoms with E-state index in [4.69, 9.17) is 0 Å². The number of carbonyl (C=O) groups excluding carboxylic acids is 1. The number of hydrogen-bond acceptors (Lipinski definition) is 5. The molecule has 0 saturated heterocycles. The van der Waals surface area contributed by atoms with E-state index >= 15 is 0 Å². The number of hydrogen-bond donors (Lipinski definition) is 0. The summed E-state index contributed by atoms with van der Waals surface area (Å²) in [6.45, 7) is 1.95. The predicted molar refractivity (Wildman–Crippen MR) is 105 cm³/mol. The van der Waals surface area contributed by atoms with Gasteiger partial charge in [-0.05, 0) is 43.3 Å². The molecule has 0 unspecified atom stereocenters. The molecule has 0 radical (unpaired) electrons. The second kappa shape index (κ2) is 7.01. The van der Waals surface area contributed by atoms with Crippen LogP contribution in [0.4, 0.5) is 5.69 Å². The van der Waals surface area contributed by atoms with Gasteiger partial charge in [-0.3, -0.25) is 4.79 Å². The number of carbonyl (C=O) groups is 1. The Hall–Kier alpha value is -2.51. The fourth-order valence-corrected chi connectivity index (χ4v) is 3.90. The average Bonchev–Trinajstić information content (AvgIpc) is 3.06. The molecule has 0 fully saturated rings. The lowest BCUT2D eigenvalue weighted by Crippen LogP contribution is -2.26. The van der Waals surface area contributed by atoms with Crippen LogP contribution in [0.2, 0.25) is 0 Å². The number of rotatable bonds is 4. The zero-order chi connectivity index (χ0) is 18.9. The highest BCUT2D eigenvalue weighted by Gasteiger charge is 2.15. The molecule has 5 nitrogen and oxygen atoms in total. The van der Waals surface area contributed by atoms with Crippen LogP contribution in [0.5, 0.6) is 0 Å². The van der Waals surface area contributed by atoms with Crippen molar-refractivity contribution < 1.29 is 13.2 Å². The standard InChI is InChI=1S/C19H18N2O3S2/c1-13-12-25-18(20-13)14-4-6-15(7-5-14)19(22)21(2)16-8-10-17(11-9-16)26(3,23)24/h4-12H,1-3H3. The van der Waals surface area contributed by atoms with Crippen LogP contribution in [-0.2, 0) is 9.84 Å². The van der Waals surface area contributed by atoms with Gasteiger partial charge >= 0.3 is 0 Å². The predicted octanol–water partition coefficient (Wildman–Crippen LogP) is 3.80. The summed E-state index contributed by atoms with van der Waals surface area (Å²) < 4.78 is 23.1. The highest BCUT2D eigenvalue weighted by Crippen LogP contribution is 2.25. The molecule has 2 aromatic carbocycles. The van der Waals surface area contributed by atoms with Gasteiger partial charge in [0.15, 0.2) is 9.84 Å². The second-order valence-corrected chi connectivity index (χ2v) is 8.88. The molecule has 0 spiro atoms. The topological polar surface area (TPSA) is 67.3 Å². The Morgan fingerprint density at radius 2 is 1.65 bits per heavy atom. The quantitative estimate of drug-likeness (QED) is 0.684. The lowest BCUT2D eigenvalue weighted by molar-refractivity contribution is 0.0993. The lowest BCUT2D eigenvalue weighted by atomic mass is 10.1. The van der Waals surface area contributed by atoms with Crippen LogP contribution in [0.25, 0.3) is 10.6 Å². The fraction of sp³-hybridized carbons (Fsp3) is 0.158. The summed E-state index contributed by atoms with van der Waals surface area (Å²) in [5, 5.41) is 2.91. The smallest absolute Gasteiger partial charge is 0.258 e. The van der Waals surface area contributed by atoms with E-state index in [2.05, 4.69) is 4.98 Å². The number of nitrogens with zero attached hydrogens (tertiary/aromatic N) is 2. The summed E-state index contributed by atoms with van der Waals surface area (Å²) in [6, 6.07) is 13.6. The minimum atomic E-state index is -3.26. The van der Waals surface area contributed by atoms with E-state index in [0.29, 0.717) is 11.3 Å². The minimum Gasteiger partial charge on any atom is -0.311 e. The van der Waals surface area contributed by atoms with Crippen molar-refractivity contribution in [1.29, 1.82) is 0 Å². The molecule has 0 aliphatic carbocycles. The van der Waals surface area contributed by atoms with Crippen molar-refractivity contribution in [2.45, 2.75) is 11.8 Å². The minimum absolute atomic E-state index is 0.168. The van der Waals surface area contributed by atoms with Crippen LogP contribution in [-0.4, -0.2) is 32.6 Å². The van der Waals surface area contributed by atoms with Crippen molar-refractivity contribution in [3.05, 3.63) is 65.2 Å². The average molecular weight is 386 g/mol. The van der Waals surface area contributed by atoms with E-state index in [0.717, 1.165) is 22.5 Å². The first-order chi connectivity index (χ1) is 12.3. The first-order valence-electron chi connectivity index (χ1n) is 7.86. The molecular formula is C19H18N2O3S2. The van der Waals surface area contributed by atoms with Gasteiger partial charge in [0.1, 0.15) is 5.01 Å². The zero-order valence-electron chi connectivity index (χ0n) is 14.6. The molecule has 0 N–H and O–H groups in total. The number of amides is 1. The second-order valence-electron chi connectivity index (χ2n) is 6.00. The number of aryl methyl sites for hydroxylation is 1. The summed E-state index contributed by atoms with van der Waals surface area (Å²) in [4.78, 5) is 18.8. The highest BCUT2D eigenvalue weighted by molar-refractivity contribution is 7.90. The van der Waals surface area contributed by atoms with Gasteiger partial charge in [-0.2, -0.15) is 0 Å². The first-order valence-corrected chi connectivity index (χ1v) is 10.6. The van der Waals surface area contributed by atoms with Crippen molar-refractivity contribution in [3.8, 4) is 10.6 Å². The van der Waals surface area contributed by atoms with E-state index in [1.807, 2.05) is 24.4 Å². The van der Waals surface area contributed by atoms with Crippen LogP contribution in [0.15, 0.2) is 58.8 Å². The molecule has 0 saturated carbocycles. The highest BCUT2D eigenvalue weighted by atomic mass is 32.2. The lowest BCUT2D eigenvalue weighted by Gasteiger charge is -2.18. The summed E-state index contributed by atoms with van der Waals surface area (Å²) >= 11 is 1.57. The third kappa shape index (κ3) is 3.84. The largest absolute Gasteiger partial charge is 0.311 e. The molecule has 0 aliphatic heterocycles. The summed E-state index contributed by atoms with van der Waals surface area (Å²) in [6.07, 6.45) is 1.16. The zero-order valence-corrected chi connectivity index (χ0v) is 16.3. The van der Waals surface area contributed by atoms with Gasteiger partial charge in [0, 0.05) is 41.2 Å². The normalized spacial score (nSPS) is 11.3. The van der Waals surface area contributed by atoms with Crippen LogP contribution < -0.4 is 4.90 Å². The summed E-state index contributed by atoms with van der Waals surface area (Å²) in [5.74, 6) is -0.168. The Morgan fingerprint density at radius 3 is 2.15 bits per heavy atom. The Kier molecular flexibility index (Phi) is 4.93. The molecule has 0 bridgehead atoms. The SMILES string of the molecule is Cc1csc(-c2ccc(C(=O)N(C)c3ccc(S(C)(=O)=O)cc3)cc2)n1. The van der Waals surface area contributed by atoms with Gasteiger partial charge in [0.2, 0.25) is 0 Å². The van der Waals surface area contributed by atoms with Gasteiger partial charge < -0.3 is 4.90 Å². The molecule has 3 aromatic rings. The van der Waals surface area contributed by atoms with E-state index in [1.165, 1.54) is 17.0 Å². The number of benzene rings is 2. The Bertz CT molecular complexity index is 1040. The van der Waals surface area contributed by atoms with Crippen LogP contribution >= 0.6 is 11.3 Å². The van der Waals surface area contributed by atoms with Crippen molar-refractivity contribution in [2.24, 2.45) is 0 Å². The molecule has 26 heavy (non-hydrogen) atoms. The van der Waals surface area contributed by atoms with Crippen molar-refractivity contribution in [3.63, 3.8) is 0 Å². The van der Waals surface area contributed by atoms with Crippen molar-refractivity contribution in [2.75, 3.05) is 18.2 Å². The molecule has 1 aromatic heterocycles. The third-order valence-corrected chi connectivity index (χ3v) is 6.09. The van der Waals surface area contributed by atoms with Gasteiger partial charge in [-0.15, -0.1) is 11.3 Å². The van der Waals surface area contributed by atoms with Crippen molar-refractivity contribution in [1.82, 2.24) is 4.98 Å². The summed E-state index contributed by atoms with van der Waals surface area (Å²) in [5.41, 5.74) is 3.13. The molecule has 1 heterocycles. The maximum atomic E-state index is 12.7. The van der Waals surface area contributed by atoms with Gasteiger partial charge in [-0.25, -0.2) is 13.4 Å². The third-order valence-electron chi connectivity index (χ3n) is 3.95. The summed E-state index contributed by atoms with van der Waals surface area (Å²) in [7, 11) is -1.59. The molecule has 3 rings (SSSR count). The maximum absolute atomic E-state index is 12.7. The van der Waals surface area contributed by atoms with E-state index in [9.17, 15) is 13.2 Å². The van der Waals surface area contributed by atoms with Gasteiger partial charge in [0.25, 0.3) is 5.91 Å². The molecule has 1 amide bonds. The first kappa shape index (κ1) is 18.3. The monoisotopic (exact) mass is 386 g/mol. The van der Waals surface area contributed by atoms with Gasteiger partial charge in [-0.1, -0.05) is 12.1 Å². The van der Waals surface area contributed by atoms with Crippen molar-refractivity contribution >= 4 is 32.8 Å². The molecule has 0 atom stereocenters. The molecule has 134 valence electrons. The van der Waals surface area contributed by atoms with E-state index in [1.54, 1.807) is 42.6 Å². The van der Waals surface area contributed by atoms with Crippen LogP contribution in [0.1, 0.15) is 16.1 Å². The fourth-order valence-electron chi connectivity index (χ4n) is 2.47. The van der Waals surface area contributed by atoms with E-state index < -0.39 is 9.84 Å². The van der Waals surface area contributed by atoms with Crippen LogP contribution in [0.3, 0.4) is 0 Å². The number of thiazole rings is 1. The molecule has 7 heteroatoms. The Balaban J connectivity index is 1.80. The Labute approximate surface area is 156 Å². The number of anilines is 1. The number of sulfone groups is 1. The molecular weight excluding hydrogens is 368 g/mol.